The predicted molar refractivity (Wildman–Crippen MR) is 45.6 cm³/mol. The lowest BCUT2D eigenvalue weighted by Crippen LogP contribution is -2.48. The van der Waals surface area contributed by atoms with E-state index in [2.05, 4.69) is 31.4 Å². The molecule has 0 amide bonds. The first-order valence-corrected chi connectivity index (χ1v) is 3.77. The molecule has 0 spiro atoms. The Bertz CT molecular complexity index is 179. The van der Waals surface area contributed by atoms with E-state index in [1.165, 1.54) is 0 Å². The van der Waals surface area contributed by atoms with Crippen LogP contribution in [-0.4, -0.2) is 28.5 Å². The number of hydrogen-bond acceptors (Lipinski definition) is 4. The highest BCUT2D eigenvalue weighted by Gasteiger charge is 2.25. The van der Waals surface area contributed by atoms with Crippen molar-refractivity contribution in [3.63, 3.8) is 0 Å². The average molecular weight is 156 g/mol. The SMILES string of the molecule is CC1=NN(C(C)(C)C)NN1C. The van der Waals surface area contributed by atoms with Gasteiger partial charge in [-0.25, -0.2) is 5.12 Å². The van der Waals surface area contributed by atoms with Crippen molar-refractivity contribution in [3.8, 4) is 0 Å². The van der Waals surface area contributed by atoms with Gasteiger partial charge in [-0.1, -0.05) is 0 Å². The average Bonchev–Trinajstić information content (AvgIpc) is 2.11. The molecule has 0 radical (unpaired) electrons. The molecule has 0 aromatic rings. The summed E-state index contributed by atoms with van der Waals surface area (Å²) in [5, 5.41) is 8.05. The van der Waals surface area contributed by atoms with Crippen molar-refractivity contribution in [2.24, 2.45) is 5.10 Å². The monoisotopic (exact) mass is 156 g/mol. The van der Waals surface area contributed by atoms with Gasteiger partial charge in [-0.3, -0.25) is 5.01 Å². The van der Waals surface area contributed by atoms with Crippen molar-refractivity contribution in [1.82, 2.24) is 15.7 Å². The molecule has 0 aromatic carbocycles. The van der Waals surface area contributed by atoms with E-state index in [9.17, 15) is 0 Å². The second-order valence-electron chi connectivity index (χ2n) is 3.79. The van der Waals surface area contributed by atoms with Crippen molar-refractivity contribution in [3.05, 3.63) is 0 Å². The molecule has 0 saturated heterocycles. The lowest BCUT2D eigenvalue weighted by atomic mass is 10.1. The normalized spacial score (nSPS) is 19.2. The van der Waals surface area contributed by atoms with E-state index >= 15 is 0 Å². The quantitative estimate of drug-likeness (QED) is 0.562. The van der Waals surface area contributed by atoms with Crippen molar-refractivity contribution in [2.45, 2.75) is 33.2 Å². The van der Waals surface area contributed by atoms with Crippen LogP contribution in [-0.2, 0) is 0 Å². The molecule has 0 fully saturated rings. The Kier molecular flexibility index (Phi) is 1.80. The van der Waals surface area contributed by atoms with Gasteiger partial charge in [0.25, 0.3) is 0 Å². The molecule has 1 aliphatic heterocycles. The Labute approximate surface area is 67.8 Å². The van der Waals surface area contributed by atoms with Gasteiger partial charge in [0.05, 0.1) is 5.54 Å². The second-order valence-corrected chi connectivity index (χ2v) is 3.79. The van der Waals surface area contributed by atoms with E-state index in [0.29, 0.717) is 0 Å². The van der Waals surface area contributed by atoms with Gasteiger partial charge in [-0.2, -0.15) is 0 Å². The van der Waals surface area contributed by atoms with E-state index in [1.807, 2.05) is 24.1 Å². The summed E-state index contributed by atoms with van der Waals surface area (Å²) < 4.78 is 0. The standard InChI is InChI=1S/C7H16N4/c1-6-8-11(7(2,3)4)9-10(6)5/h9H,1-5H3. The fraction of sp³-hybridized carbons (Fsp3) is 0.857. The molecule has 1 N–H and O–H groups in total. The summed E-state index contributed by atoms with van der Waals surface area (Å²) in [6, 6.07) is 0. The second kappa shape index (κ2) is 2.37. The zero-order valence-electron chi connectivity index (χ0n) is 7.84. The molecular formula is C7H16N4. The van der Waals surface area contributed by atoms with Gasteiger partial charge in [0.1, 0.15) is 5.84 Å². The molecule has 64 valence electrons. The van der Waals surface area contributed by atoms with Crippen LogP contribution >= 0.6 is 0 Å². The molecule has 1 heterocycles. The van der Waals surface area contributed by atoms with Crippen molar-refractivity contribution < 1.29 is 0 Å². The van der Waals surface area contributed by atoms with Crippen LogP contribution in [0.15, 0.2) is 5.10 Å². The highest BCUT2D eigenvalue weighted by Crippen LogP contribution is 2.14. The molecular weight excluding hydrogens is 140 g/mol. The maximum atomic E-state index is 4.31. The van der Waals surface area contributed by atoms with Crippen LogP contribution in [0.3, 0.4) is 0 Å². The largest absolute Gasteiger partial charge is 0.278 e. The third kappa shape index (κ3) is 1.63. The molecule has 1 aliphatic rings. The minimum Gasteiger partial charge on any atom is -0.278 e. The topological polar surface area (TPSA) is 30.9 Å². The van der Waals surface area contributed by atoms with Crippen molar-refractivity contribution >= 4 is 5.84 Å². The molecule has 4 heteroatoms. The molecule has 1 rings (SSSR count). The van der Waals surface area contributed by atoms with Crippen LogP contribution in [0.25, 0.3) is 0 Å². The summed E-state index contributed by atoms with van der Waals surface area (Å²) in [5.41, 5.74) is 3.14. The zero-order valence-corrected chi connectivity index (χ0v) is 7.84. The third-order valence-electron chi connectivity index (χ3n) is 1.61. The molecule has 0 aliphatic carbocycles. The van der Waals surface area contributed by atoms with Gasteiger partial charge < -0.3 is 0 Å². The summed E-state index contributed by atoms with van der Waals surface area (Å²) in [7, 11) is 1.95. The molecule has 11 heavy (non-hydrogen) atoms. The summed E-state index contributed by atoms with van der Waals surface area (Å²) >= 11 is 0. The van der Waals surface area contributed by atoms with Crippen LogP contribution in [0.1, 0.15) is 27.7 Å². The number of nitrogens with zero attached hydrogens (tertiary/aromatic N) is 3. The van der Waals surface area contributed by atoms with Crippen LogP contribution in [0, 0.1) is 0 Å². The van der Waals surface area contributed by atoms with Gasteiger partial charge in [-0.15, -0.1) is 10.6 Å². The summed E-state index contributed by atoms with van der Waals surface area (Å²) in [6.07, 6.45) is 0. The molecule has 0 atom stereocenters. The summed E-state index contributed by atoms with van der Waals surface area (Å²) in [6.45, 7) is 8.29. The highest BCUT2D eigenvalue weighted by molar-refractivity contribution is 5.79. The van der Waals surface area contributed by atoms with E-state index < -0.39 is 0 Å². The number of nitrogens with one attached hydrogen (secondary N) is 1. The smallest absolute Gasteiger partial charge is 0.138 e. The van der Waals surface area contributed by atoms with E-state index in [1.54, 1.807) is 0 Å². The first-order chi connectivity index (χ1) is 4.91. The molecule has 0 unspecified atom stereocenters. The maximum absolute atomic E-state index is 4.31. The number of hydrogen-bond donors (Lipinski definition) is 1. The Morgan fingerprint density at radius 2 is 1.91 bits per heavy atom. The van der Waals surface area contributed by atoms with E-state index in [4.69, 9.17) is 0 Å². The summed E-state index contributed by atoms with van der Waals surface area (Å²) in [5.74, 6) is 0.986. The third-order valence-corrected chi connectivity index (χ3v) is 1.61. The number of amidine groups is 1. The van der Waals surface area contributed by atoms with E-state index in [0.717, 1.165) is 5.84 Å². The van der Waals surface area contributed by atoms with Crippen LogP contribution in [0.2, 0.25) is 0 Å². The van der Waals surface area contributed by atoms with Gasteiger partial charge >= 0.3 is 0 Å². The van der Waals surface area contributed by atoms with Crippen molar-refractivity contribution in [1.29, 1.82) is 0 Å². The summed E-state index contributed by atoms with van der Waals surface area (Å²) in [4.78, 5) is 0. The fourth-order valence-corrected chi connectivity index (χ4v) is 0.749. The zero-order chi connectivity index (χ0) is 8.65. The van der Waals surface area contributed by atoms with Crippen molar-refractivity contribution in [2.75, 3.05) is 7.05 Å². The van der Waals surface area contributed by atoms with Gasteiger partial charge in [0.2, 0.25) is 0 Å². The van der Waals surface area contributed by atoms with Crippen LogP contribution < -0.4 is 5.53 Å². The number of rotatable bonds is 0. The van der Waals surface area contributed by atoms with Gasteiger partial charge in [-0.05, 0) is 27.7 Å². The van der Waals surface area contributed by atoms with E-state index in [-0.39, 0.29) is 5.54 Å². The molecule has 0 aromatic heterocycles. The number of hydrazine groups is 2. The maximum Gasteiger partial charge on any atom is 0.138 e. The van der Waals surface area contributed by atoms with Crippen LogP contribution in [0.4, 0.5) is 0 Å². The lowest BCUT2D eigenvalue weighted by Gasteiger charge is -2.29. The van der Waals surface area contributed by atoms with Gasteiger partial charge in [0, 0.05) is 7.05 Å². The highest BCUT2D eigenvalue weighted by atomic mass is 15.9. The fourth-order valence-electron chi connectivity index (χ4n) is 0.749. The molecule has 4 nitrogen and oxygen atoms in total. The lowest BCUT2D eigenvalue weighted by molar-refractivity contribution is 0.0385. The number of hydrazone groups is 1. The Hall–Kier alpha value is -0.770. The first kappa shape index (κ1) is 8.33. The molecule has 0 saturated carbocycles. The Morgan fingerprint density at radius 1 is 1.36 bits per heavy atom. The first-order valence-electron chi connectivity index (χ1n) is 3.77. The van der Waals surface area contributed by atoms with Crippen LogP contribution in [0.5, 0.6) is 0 Å². The Balaban J connectivity index is 2.68. The predicted octanol–water partition coefficient (Wildman–Crippen LogP) is 0.785. The minimum absolute atomic E-state index is 0.0337. The minimum atomic E-state index is 0.0337. The van der Waals surface area contributed by atoms with Gasteiger partial charge in [0.15, 0.2) is 0 Å². The molecule has 0 bridgehead atoms. The Morgan fingerprint density at radius 3 is 2.09 bits per heavy atom.